The minimum atomic E-state index is -0.804. The molecule has 4 atom stereocenters. The molecule has 2 aromatic rings. The van der Waals surface area contributed by atoms with Crippen LogP contribution >= 0.6 is 0 Å². The van der Waals surface area contributed by atoms with Crippen LogP contribution in [0.4, 0.5) is 0 Å². The molecular formula is C31H41N3O6. The summed E-state index contributed by atoms with van der Waals surface area (Å²) in [5.41, 5.74) is 2.44. The van der Waals surface area contributed by atoms with E-state index in [-0.39, 0.29) is 48.0 Å². The Hall–Kier alpha value is -3.20. The Balaban J connectivity index is 1.12. The summed E-state index contributed by atoms with van der Waals surface area (Å²) in [7, 11) is 0. The van der Waals surface area contributed by atoms with Gasteiger partial charge in [-0.15, -0.1) is 0 Å². The number of hydrogen-bond donors (Lipinski definition) is 3. The van der Waals surface area contributed by atoms with Gasteiger partial charge in [0.05, 0.1) is 18.1 Å². The van der Waals surface area contributed by atoms with Gasteiger partial charge in [-0.1, -0.05) is 43.5 Å². The van der Waals surface area contributed by atoms with E-state index in [1.165, 1.54) is 25.5 Å². The van der Waals surface area contributed by atoms with Crippen molar-refractivity contribution in [1.82, 2.24) is 15.6 Å². The summed E-state index contributed by atoms with van der Waals surface area (Å²) in [6.45, 7) is 0.477. The number of benzene rings is 1. The first-order valence-corrected chi connectivity index (χ1v) is 14.9. The van der Waals surface area contributed by atoms with Gasteiger partial charge in [0.15, 0.2) is 5.69 Å². The van der Waals surface area contributed by atoms with E-state index in [0.717, 1.165) is 56.1 Å². The normalized spacial score (nSPS) is 24.2. The molecule has 3 N–H and O–H groups in total. The van der Waals surface area contributed by atoms with Gasteiger partial charge in [0.1, 0.15) is 6.26 Å². The third-order valence-corrected chi connectivity index (χ3v) is 8.73. The molecule has 3 aliphatic rings. The Bertz CT molecular complexity index is 1170. The molecule has 3 fully saturated rings. The highest BCUT2D eigenvalue weighted by atomic mass is 16.5. The molecule has 0 radical (unpaired) electrons. The van der Waals surface area contributed by atoms with Crippen LogP contribution in [-0.4, -0.2) is 52.7 Å². The molecule has 0 unspecified atom stereocenters. The quantitative estimate of drug-likeness (QED) is 0.312. The molecule has 2 bridgehead atoms. The molecule has 1 aromatic carbocycles. The number of unbranched alkanes of at least 4 members (excludes halogenated alkanes) is 1. The third kappa shape index (κ3) is 7.11. The maximum absolute atomic E-state index is 12.7. The van der Waals surface area contributed by atoms with E-state index in [2.05, 4.69) is 21.7 Å². The lowest BCUT2D eigenvalue weighted by Gasteiger charge is -2.26. The predicted molar refractivity (Wildman–Crippen MR) is 148 cm³/mol. The van der Waals surface area contributed by atoms with Gasteiger partial charge in [-0.2, -0.15) is 0 Å². The topological polar surface area (TPSA) is 131 Å². The Labute approximate surface area is 235 Å². The highest BCUT2D eigenvalue weighted by Crippen LogP contribution is 2.50. The van der Waals surface area contributed by atoms with Crippen molar-refractivity contribution in [3.63, 3.8) is 0 Å². The number of nitrogens with one attached hydrogen (secondary N) is 2. The number of amides is 2. The van der Waals surface area contributed by atoms with Crippen LogP contribution in [0.2, 0.25) is 0 Å². The van der Waals surface area contributed by atoms with Crippen LogP contribution in [0.25, 0.3) is 0 Å². The standard InChI is InChI=1S/C31H41N3O6/c35-27(33-22-10-2-1-3-11-22)12-6-7-17-32-30(38)24-19-39-31(34-24)29-23(25-14-15-26(29)40-25)18-21-9-5-4-8-20(21)13-16-28(36)37/h4-5,8-9,19,22-23,25-26,29H,1-3,6-7,10-18H2,(H,32,38)(H,33,35)(H,36,37)/t23-,25-,26+,29-/m0/s1. The van der Waals surface area contributed by atoms with Crippen molar-refractivity contribution in [2.75, 3.05) is 6.54 Å². The molecule has 9 nitrogen and oxygen atoms in total. The Morgan fingerprint density at radius 1 is 0.950 bits per heavy atom. The van der Waals surface area contributed by atoms with Crippen LogP contribution in [0.5, 0.6) is 0 Å². The van der Waals surface area contributed by atoms with E-state index in [1.807, 2.05) is 18.2 Å². The monoisotopic (exact) mass is 551 g/mol. The number of nitrogens with zero attached hydrogens (tertiary/aromatic N) is 1. The lowest BCUT2D eigenvalue weighted by molar-refractivity contribution is -0.137. The Morgan fingerprint density at radius 3 is 2.52 bits per heavy atom. The molecule has 2 aliphatic heterocycles. The van der Waals surface area contributed by atoms with Crippen molar-refractivity contribution in [2.24, 2.45) is 5.92 Å². The summed E-state index contributed by atoms with van der Waals surface area (Å²) in [4.78, 5) is 40.6. The summed E-state index contributed by atoms with van der Waals surface area (Å²) < 4.78 is 12.1. The average Bonchev–Trinajstić information content (AvgIpc) is 3.70. The molecule has 5 rings (SSSR count). The van der Waals surface area contributed by atoms with Crippen LogP contribution in [0.15, 0.2) is 34.9 Å². The summed E-state index contributed by atoms with van der Waals surface area (Å²) in [6.07, 6.45) is 12.5. The third-order valence-electron chi connectivity index (χ3n) is 8.73. The lowest BCUT2D eigenvalue weighted by atomic mass is 9.75. The van der Waals surface area contributed by atoms with Crippen LogP contribution in [0, 0.1) is 5.92 Å². The maximum Gasteiger partial charge on any atom is 0.303 e. The first-order valence-electron chi connectivity index (χ1n) is 14.9. The van der Waals surface area contributed by atoms with Crippen molar-refractivity contribution in [3.8, 4) is 0 Å². The largest absolute Gasteiger partial charge is 0.481 e. The number of aliphatic carboxylic acids is 1. The molecular weight excluding hydrogens is 510 g/mol. The highest BCUT2D eigenvalue weighted by Gasteiger charge is 2.51. The van der Waals surface area contributed by atoms with Crippen molar-refractivity contribution in [3.05, 3.63) is 53.2 Å². The van der Waals surface area contributed by atoms with E-state index in [9.17, 15) is 14.4 Å². The zero-order chi connectivity index (χ0) is 27.9. The number of fused-ring (bicyclic) bond motifs is 2. The van der Waals surface area contributed by atoms with E-state index >= 15 is 0 Å². The van der Waals surface area contributed by atoms with Crippen molar-refractivity contribution >= 4 is 17.8 Å². The molecule has 1 saturated carbocycles. The van der Waals surface area contributed by atoms with Gasteiger partial charge in [0, 0.05) is 31.3 Å². The van der Waals surface area contributed by atoms with Crippen molar-refractivity contribution < 1.29 is 28.6 Å². The minimum absolute atomic E-state index is 0.00972. The summed E-state index contributed by atoms with van der Waals surface area (Å²) in [5.74, 6) is -0.339. The number of rotatable bonds is 13. The van der Waals surface area contributed by atoms with E-state index in [1.54, 1.807) is 0 Å². The zero-order valence-electron chi connectivity index (χ0n) is 23.1. The van der Waals surface area contributed by atoms with Crippen LogP contribution in [-0.2, 0) is 27.2 Å². The van der Waals surface area contributed by atoms with Crippen molar-refractivity contribution in [2.45, 2.75) is 108 Å². The number of oxazole rings is 1. The van der Waals surface area contributed by atoms with Gasteiger partial charge < -0.3 is 24.9 Å². The number of aryl methyl sites for hydroxylation is 1. The number of aromatic nitrogens is 1. The second-order valence-electron chi connectivity index (χ2n) is 11.5. The fourth-order valence-corrected chi connectivity index (χ4v) is 6.67. The number of carboxylic acids is 1. The summed E-state index contributed by atoms with van der Waals surface area (Å²) in [5, 5.41) is 15.2. The number of ether oxygens (including phenoxy) is 1. The molecule has 1 aliphatic carbocycles. The minimum Gasteiger partial charge on any atom is -0.481 e. The first-order chi connectivity index (χ1) is 19.5. The van der Waals surface area contributed by atoms with E-state index in [0.29, 0.717) is 31.3 Å². The predicted octanol–water partition coefficient (Wildman–Crippen LogP) is 4.54. The first kappa shape index (κ1) is 28.3. The van der Waals surface area contributed by atoms with E-state index < -0.39 is 5.97 Å². The molecule has 2 amide bonds. The molecule has 0 spiro atoms. The fourth-order valence-electron chi connectivity index (χ4n) is 6.67. The second-order valence-corrected chi connectivity index (χ2v) is 11.5. The van der Waals surface area contributed by atoms with Gasteiger partial charge in [0.25, 0.3) is 5.91 Å². The number of carbonyl (C=O) groups excluding carboxylic acids is 2. The molecule has 216 valence electrons. The zero-order valence-corrected chi connectivity index (χ0v) is 23.1. The number of carboxylic acid groups (broad SMARTS) is 1. The van der Waals surface area contributed by atoms with Gasteiger partial charge >= 0.3 is 5.97 Å². The number of hydrogen-bond acceptors (Lipinski definition) is 6. The second kappa shape index (κ2) is 13.4. The average molecular weight is 552 g/mol. The molecule has 2 saturated heterocycles. The lowest BCUT2D eigenvalue weighted by Crippen LogP contribution is -2.36. The molecule has 9 heteroatoms. The molecule has 40 heavy (non-hydrogen) atoms. The summed E-state index contributed by atoms with van der Waals surface area (Å²) >= 11 is 0. The maximum atomic E-state index is 12.7. The number of carbonyl (C=O) groups is 3. The Morgan fingerprint density at radius 2 is 1.73 bits per heavy atom. The smallest absolute Gasteiger partial charge is 0.303 e. The summed E-state index contributed by atoms with van der Waals surface area (Å²) in [6, 6.07) is 8.32. The van der Waals surface area contributed by atoms with Crippen LogP contribution in [0.3, 0.4) is 0 Å². The van der Waals surface area contributed by atoms with Gasteiger partial charge in [-0.3, -0.25) is 14.4 Å². The van der Waals surface area contributed by atoms with Gasteiger partial charge in [-0.05, 0) is 62.5 Å². The van der Waals surface area contributed by atoms with Crippen LogP contribution in [0.1, 0.15) is 104 Å². The highest BCUT2D eigenvalue weighted by molar-refractivity contribution is 5.91. The SMILES string of the molecule is O=C(O)CCc1ccccc1C[C@@H]1[C@H](c2nc(C(=O)NCCCCC(=O)NC3CCCCC3)co2)[C@H]2CC[C@@H]1O2. The van der Waals surface area contributed by atoms with E-state index in [4.69, 9.17) is 14.3 Å². The van der Waals surface area contributed by atoms with Crippen molar-refractivity contribution in [1.29, 1.82) is 0 Å². The van der Waals surface area contributed by atoms with Crippen LogP contribution < -0.4 is 10.6 Å². The Kier molecular flexibility index (Phi) is 9.52. The fraction of sp³-hybridized carbons (Fsp3) is 0.613. The van der Waals surface area contributed by atoms with Gasteiger partial charge in [0.2, 0.25) is 11.8 Å². The van der Waals surface area contributed by atoms with Gasteiger partial charge in [-0.25, -0.2) is 4.98 Å². The molecule has 3 heterocycles. The molecule has 1 aromatic heterocycles.